The highest BCUT2D eigenvalue weighted by molar-refractivity contribution is 5.97. The van der Waals surface area contributed by atoms with E-state index >= 15 is 0 Å². The maximum absolute atomic E-state index is 13.2. The third-order valence-electron chi connectivity index (χ3n) is 7.71. The molecule has 0 spiro atoms. The molecule has 1 aromatic carbocycles. The molecular formula is C27H36O8. The Morgan fingerprint density at radius 1 is 0.971 bits per heavy atom. The minimum atomic E-state index is -1.03. The van der Waals surface area contributed by atoms with Gasteiger partial charge in [0.25, 0.3) is 0 Å². The van der Waals surface area contributed by atoms with Crippen LogP contribution in [0.1, 0.15) is 100 Å². The van der Waals surface area contributed by atoms with Gasteiger partial charge in [0.1, 0.15) is 0 Å². The molecular weight excluding hydrogens is 452 g/mol. The lowest BCUT2D eigenvalue weighted by Gasteiger charge is -2.54. The fourth-order valence-electron chi connectivity index (χ4n) is 6.05. The van der Waals surface area contributed by atoms with Crippen LogP contribution in [0.15, 0.2) is 12.1 Å². The smallest absolute Gasteiger partial charge is 0.434 e. The number of esters is 2. The van der Waals surface area contributed by atoms with Gasteiger partial charge in [-0.1, -0.05) is 33.3 Å². The van der Waals surface area contributed by atoms with Gasteiger partial charge in [0, 0.05) is 0 Å². The predicted molar refractivity (Wildman–Crippen MR) is 127 cm³/mol. The molecule has 0 aliphatic heterocycles. The average Bonchev–Trinajstić information content (AvgIpc) is 2.78. The van der Waals surface area contributed by atoms with E-state index in [4.69, 9.17) is 18.9 Å². The Kier molecular flexibility index (Phi) is 7.92. The molecule has 3 atom stereocenters. The Balaban J connectivity index is 2.02. The lowest BCUT2D eigenvalue weighted by Crippen LogP contribution is -2.53. The first-order valence-electron chi connectivity index (χ1n) is 12.4. The summed E-state index contributed by atoms with van der Waals surface area (Å²) in [4.78, 5) is 49.8. The molecule has 8 heteroatoms. The van der Waals surface area contributed by atoms with Gasteiger partial charge >= 0.3 is 24.2 Å². The van der Waals surface area contributed by atoms with E-state index in [1.54, 1.807) is 13.8 Å². The summed E-state index contributed by atoms with van der Waals surface area (Å²) in [6.07, 6.45) is 1.65. The second kappa shape index (κ2) is 10.4. The number of rotatable bonds is 5. The van der Waals surface area contributed by atoms with Crippen molar-refractivity contribution in [2.24, 2.45) is 11.3 Å². The zero-order valence-electron chi connectivity index (χ0n) is 21.5. The van der Waals surface area contributed by atoms with Crippen molar-refractivity contribution in [1.29, 1.82) is 0 Å². The summed E-state index contributed by atoms with van der Waals surface area (Å²) in [5.41, 5.74) is 1.94. The van der Waals surface area contributed by atoms with Gasteiger partial charge < -0.3 is 18.9 Å². The molecule has 0 radical (unpaired) electrons. The van der Waals surface area contributed by atoms with E-state index in [0.29, 0.717) is 12.0 Å². The average molecular weight is 489 g/mol. The third-order valence-corrected chi connectivity index (χ3v) is 7.71. The summed E-state index contributed by atoms with van der Waals surface area (Å²) in [6, 6.07) is 3.87. The Bertz CT molecular complexity index is 1010. The van der Waals surface area contributed by atoms with Crippen LogP contribution in [-0.2, 0) is 35.6 Å². The van der Waals surface area contributed by atoms with Crippen molar-refractivity contribution in [3.8, 4) is 0 Å². The maximum Gasteiger partial charge on any atom is 0.516 e. The van der Waals surface area contributed by atoms with Crippen molar-refractivity contribution in [3.63, 3.8) is 0 Å². The molecule has 1 saturated carbocycles. The number of aryl methyl sites for hydroxylation is 1. The van der Waals surface area contributed by atoms with E-state index in [9.17, 15) is 19.2 Å². The SMILES string of the molecule is CCOC(=O)OC(=O)c1cc2c(cc1C(C)C)CCC1C(C)(C(=O)OC(=O)OCC)CCCC21C. The second-order valence-corrected chi connectivity index (χ2v) is 10.2. The number of hydrogen-bond donors (Lipinski definition) is 0. The second-order valence-electron chi connectivity index (χ2n) is 10.2. The van der Waals surface area contributed by atoms with Gasteiger partial charge in [-0.3, -0.25) is 4.79 Å². The standard InChI is InChI=1S/C27H36O8/c1-7-32-24(30)34-22(28)19-15-20-17(14-18(19)16(3)4)10-11-21-26(20,5)12-9-13-27(21,6)23(29)35-25(31)33-8-2/h14-16,21H,7-13H2,1-6H3. The van der Waals surface area contributed by atoms with Crippen molar-refractivity contribution in [1.82, 2.24) is 0 Å². The molecule has 0 saturated heterocycles. The van der Waals surface area contributed by atoms with Gasteiger partial charge in [0.05, 0.1) is 24.2 Å². The van der Waals surface area contributed by atoms with Crippen LogP contribution in [0.5, 0.6) is 0 Å². The molecule has 192 valence electrons. The number of hydrogen-bond acceptors (Lipinski definition) is 8. The van der Waals surface area contributed by atoms with Crippen LogP contribution in [-0.4, -0.2) is 37.5 Å². The molecule has 2 aliphatic carbocycles. The Morgan fingerprint density at radius 3 is 2.20 bits per heavy atom. The monoisotopic (exact) mass is 488 g/mol. The molecule has 1 aromatic rings. The quantitative estimate of drug-likeness (QED) is 0.376. The first-order chi connectivity index (χ1) is 16.5. The zero-order valence-corrected chi connectivity index (χ0v) is 21.5. The highest BCUT2D eigenvalue weighted by atomic mass is 16.7. The summed E-state index contributed by atoms with van der Waals surface area (Å²) in [6.45, 7) is 11.5. The van der Waals surface area contributed by atoms with Crippen LogP contribution >= 0.6 is 0 Å². The number of carbonyl (C=O) groups excluding carboxylic acids is 4. The van der Waals surface area contributed by atoms with Crippen LogP contribution < -0.4 is 0 Å². The molecule has 1 fully saturated rings. The van der Waals surface area contributed by atoms with E-state index in [0.717, 1.165) is 42.4 Å². The molecule has 0 aromatic heterocycles. The molecule has 8 nitrogen and oxygen atoms in total. The number of fused-ring (bicyclic) bond motifs is 3. The summed E-state index contributed by atoms with van der Waals surface area (Å²) >= 11 is 0. The number of ether oxygens (including phenoxy) is 4. The minimum absolute atomic E-state index is 0.0340. The molecule has 0 amide bonds. The van der Waals surface area contributed by atoms with Gasteiger partial charge in [-0.25, -0.2) is 14.4 Å². The normalized spacial score (nSPS) is 25.2. The number of carbonyl (C=O) groups is 4. The molecule has 35 heavy (non-hydrogen) atoms. The fourth-order valence-corrected chi connectivity index (χ4v) is 6.05. The predicted octanol–water partition coefficient (Wildman–Crippen LogP) is 5.83. The first kappa shape index (κ1) is 26.7. The summed E-state index contributed by atoms with van der Waals surface area (Å²) in [5, 5.41) is 0. The molecule has 0 bridgehead atoms. The first-order valence-corrected chi connectivity index (χ1v) is 12.4. The Labute approximate surface area is 206 Å². The van der Waals surface area contributed by atoms with Crippen molar-refractivity contribution < 1.29 is 38.1 Å². The van der Waals surface area contributed by atoms with E-state index in [1.807, 2.05) is 32.9 Å². The van der Waals surface area contributed by atoms with Crippen LogP contribution in [0.4, 0.5) is 9.59 Å². The van der Waals surface area contributed by atoms with Gasteiger partial charge in [-0.05, 0) is 86.5 Å². The Hall–Kier alpha value is -2.90. The van der Waals surface area contributed by atoms with E-state index < -0.39 is 35.1 Å². The third kappa shape index (κ3) is 5.07. The molecule has 3 rings (SSSR count). The van der Waals surface area contributed by atoms with Crippen molar-refractivity contribution in [2.45, 2.75) is 85.0 Å². The van der Waals surface area contributed by atoms with Gasteiger partial charge in [-0.15, -0.1) is 0 Å². The summed E-state index contributed by atoms with van der Waals surface area (Å²) < 4.78 is 19.6. The van der Waals surface area contributed by atoms with E-state index in [2.05, 4.69) is 6.92 Å². The molecule has 2 aliphatic rings. The van der Waals surface area contributed by atoms with Gasteiger partial charge in [-0.2, -0.15) is 0 Å². The van der Waals surface area contributed by atoms with Crippen molar-refractivity contribution >= 4 is 24.2 Å². The van der Waals surface area contributed by atoms with E-state index in [-0.39, 0.29) is 25.0 Å². The number of benzene rings is 1. The lowest BCUT2D eigenvalue weighted by atomic mass is 9.49. The lowest BCUT2D eigenvalue weighted by molar-refractivity contribution is -0.160. The Morgan fingerprint density at radius 2 is 1.60 bits per heavy atom. The highest BCUT2D eigenvalue weighted by Crippen LogP contribution is 2.58. The maximum atomic E-state index is 13.2. The molecule has 3 unspecified atom stereocenters. The molecule has 0 heterocycles. The highest BCUT2D eigenvalue weighted by Gasteiger charge is 2.56. The van der Waals surface area contributed by atoms with E-state index in [1.165, 1.54) is 0 Å². The largest absolute Gasteiger partial charge is 0.516 e. The van der Waals surface area contributed by atoms with Gasteiger partial charge in [0.15, 0.2) is 0 Å². The van der Waals surface area contributed by atoms with Crippen LogP contribution in [0.25, 0.3) is 0 Å². The minimum Gasteiger partial charge on any atom is -0.434 e. The van der Waals surface area contributed by atoms with Crippen LogP contribution in [0, 0.1) is 11.3 Å². The fraction of sp³-hybridized carbons (Fsp3) is 0.630. The van der Waals surface area contributed by atoms with Crippen LogP contribution in [0.2, 0.25) is 0 Å². The van der Waals surface area contributed by atoms with Crippen molar-refractivity contribution in [3.05, 3.63) is 34.4 Å². The van der Waals surface area contributed by atoms with Crippen LogP contribution in [0.3, 0.4) is 0 Å². The molecule has 0 N–H and O–H groups in total. The zero-order chi connectivity index (χ0) is 26.0. The summed E-state index contributed by atoms with van der Waals surface area (Å²) in [5.74, 6) is -1.39. The summed E-state index contributed by atoms with van der Waals surface area (Å²) in [7, 11) is 0. The van der Waals surface area contributed by atoms with Crippen molar-refractivity contribution in [2.75, 3.05) is 13.2 Å². The topological polar surface area (TPSA) is 105 Å². The van der Waals surface area contributed by atoms with Gasteiger partial charge in [0.2, 0.25) is 0 Å².